The van der Waals surface area contributed by atoms with E-state index in [1.807, 2.05) is 4.68 Å². The molecule has 0 radical (unpaired) electrons. The monoisotopic (exact) mass is 182 g/mol. The molecule has 0 atom stereocenters. The molecular weight excluding hydrogens is 164 g/mol. The Morgan fingerprint density at radius 1 is 1.54 bits per heavy atom. The zero-order valence-electron chi connectivity index (χ0n) is 8.45. The largest absolute Gasteiger partial charge is 0.396 e. The number of aliphatic hydroxyl groups is 1. The normalized spacial score (nSPS) is 10.7. The van der Waals surface area contributed by atoms with Gasteiger partial charge in [-0.3, -0.25) is 4.68 Å². The van der Waals surface area contributed by atoms with Crippen LogP contribution in [-0.4, -0.2) is 21.5 Å². The summed E-state index contributed by atoms with van der Waals surface area (Å²) in [6.07, 6.45) is 5.03. The van der Waals surface area contributed by atoms with E-state index in [-0.39, 0.29) is 6.61 Å². The lowest BCUT2D eigenvalue weighted by atomic mass is 10.2. The molecule has 0 bridgehead atoms. The summed E-state index contributed by atoms with van der Waals surface area (Å²) >= 11 is 0. The van der Waals surface area contributed by atoms with E-state index >= 15 is 0 Å². The number of nitrogens with zero attached hydrogens (tertiary/aromatic N) is 2. The zero-order valence-corrected chi connectivity index (χ0v) is 8.45. The molecule has 0 amide bonds. The van der Waals surface area contributed by atoms with Crippen LogP contribution >= 0.6 is 0 Å². The molecule has 0 aromatic carbocycles. The lowest BCUT2D eigenvalue weighted by Crippen LogP contribution is -2.01. The number of aromatic nitrogens is 2. The maximum absolute atomic E-state index is 8.67. The molecule has 0 saturated heterocycles. The molecule has 1 aromatic heterocycles. The SMILES string of the molecule is CCCc1nn(CCCO)cc1C. The van der Waals surface area contributed by atoms with E-state index in [0.29, 0.717) is 0 Å². The molecule has 1 rings (SSSR count). The van der Waals surface area contributed by atoms with E-state index < -0.39 is 0 Å². The molecule has 0 aliphatic carbocycles. The molecule has 1 heterocycles. The van der Waals surface area contributed by atoms with E-state index in [1.165, 1.54) is 11.3 Å². The molecule has 0 aliphatic rings. The highest BCUT2D eigenvalue weighted by Gasteiger charge is 2.02. The Balaban J connectivity index is 2.59. The Hall–Kier alpha value is -0.830. The van der Waals surface area contributed by atoms with Crippen LogP contribution in [0.2, 0.25) is 0 Å². The fraction of sp³-hybridized carbons (Fsp3) is 0.700. The van der Waals surface area contributed by atoms with Gasteiger partial charge in [-0.1, -0.05) is 13.3 Å². The first kappa shape index (κ1) is 10.3. The predicted octanol–water partition coefficient (Wildman–Crippen LogP) is 1.53. The molecular formula is C10H18N2O. The fourth-order valence-corrected chi connectivity index (χ4v) is 1.39. The summed E-state index contributed by atoms with van der Waals surface area (Å²) in [5.74, 6) is 0. The zero-order chi connectivity index (χ0) is 9.68. The summed E-state index contributed by atoms with van der Waals surface area (Å²) in [5, 5.41) is 13.1. The van der Waals surface area contributed by atoms with E-state index in [9.17, 15) is 0 Å². The van der Waals surface area contributed by atoms with Crippen molar-refractivity contribution in [2.75, 3.05) is 6.61 Å². The van der Waals surface area contributed by atoms with Gasteiger partial charge in [0.05, 0.1) is 5.69 Å². The van der Waals surface area contributed by atoms with Crippen molar-refractivity contribution >= 4 is 0 Å². The van der Waals surface area contributed by atoms with Gasteiger partial charge in [0, 0.05) is 19.3 Å². The van der Waals surface area contributed by atoms with Crippen molar-refractivity contribution < 1.29 is 5.11 Å². The number of hydrogen-bond donors (Lipinski definition) is 1. The third kappa shape index (κ3) is 2.84. The Morgan fingerprint density at radius 2 is 2.31 bits per heavy atom. The van der Waals surface area contributed by atoms with E-state index in [0.717, 1.165) is 25.8 Å². The smallest absolute Gasteiger partial charge is 0.0653 e. The van der Waals surface area contributed by atoms with Crippen LogP contribution in [0, 0.1) is 6.92 Å². The van der Waals surface area contributed by atoms with Gasteiger partial charge in [-0.05, 0) is 25.3 Å². The minimum atomic E-state index is 0.238. The van der Waals surface area contributed by atoms with Crippen molar-refractivity contribution in [2.24, 2.45) is 0 Å². The minimum absolute atomic E-state index is 0.238. The van der Waals surface area contributed by atoms with Crippen LogP contribution in [0.5, 0.6) is 0 Å². The standard InChI is InChI=1S/C10H18N2O/c1-3-5-10-9(2)8-12(11-10)6-4-7-13/h8,13H,3-7H2,1-2H3. The summed E-state index contributed by atoms with van der Waals surface area (Å²) in [6, 6.07) is 0. The Labute approximate surface area is 79.4 Å². The molecule has 0 spiro atoms. The Bertz CT molecular complexity index is 255. The van der Waals surface area contributed by atoms with E-state index in [1.54, 1.807) is 0 Å². The third-order valence-electron chi connectivity index (χ3n) is 2.08. The third-order valence-corrected chi connectivity index (χ3v) is 2.08. The number of rotatable bonds is 5. The van der Waals surface area contributed by atoms with Gasteiger partial charge >= 0.3 is 0 Å². The summed E-state index contributed by atoms with van der Waals surface area (Å²) in [7, 11) is 0. The summed E-state index contributed by atoms with van der Waals surface area (Å²) < 4.78 is 1.93. The second kappa shape index (κ2) is 5.02. The topological polar surface area (TPSA) is 38.0 Å². The van der Waals surface area contributed by atoms with Crippen LogP contribution in [0.25, 0.3) is 0 Å². The van der Waals surface area contributed by atoms with Gasteiger partial charge in [0.25, 0.3) is 0 Å². The summed E-state index contributed by atoms with van der Waals surface area (Å²) in [4.78, 5) is 0. The maximum Gasteiger partial charge on any atom is 0.0653 e. The first-order valence-electron chi connectivity index (χ1n) is 4.91. The second-order valence-corrected chi connectivity index (χ2v) is 3.35. The second-order valence-electron chi connectivity index (χ2n) is 3.35. The number of aryl methyl sites for hydroxylation is 3. The molecule has 3 heteroatoms. The Morgan fingerprint density at radius 3 is 2.92 bits per heavy atom. The highest BCUT2D eigenvalue weighted by atomic mass is 16.3. The van der Waals surface area contributed by atoms with Gasteiger partial charge in [0.1, 0.15) is 0 Å². The lowest BCUT2D eigenvalue weighted by Gasteiger charge is -1.97. The first-order chi connectivity index (χ1) is 6.27. The van der Waals surface area contributed by atoms with Crippen molar-refractivity contribution in [3.05, 3.63) is 17.5 Å². The molecule has 0 saturated carbocycles. The first-order valence-corrected chi connectivity index (χ1v) is 4.91. The number of aliphatic hydroxyl groups excluding tert-OH is 1. The van der Waals surface area contributed by atoms with Crippen molar-refractivity contribution in [3.63, 3.8) is 0 Å². The van der Waals surface area contributed by atoms with Crippen molar-refractivity contribution in [2.45, 2.75) is 39.7 Å². The molecule has 0 fully saturated rings. The van der Waals surface area contributed by atoms with Crippen molar-refractivity contribution in [1.29, 1.82) is 0 Å². The Kier molecular flexibility index (Phi) is 3.96. The quantitative estimate of drug-likeness (QED) is 0.750. The molecule has 0 aliphatic heterocycles. The van der Waals surface area contributed by atoms with Gasteiger partial charge in [-0.2, -0.15) is 5.10 Å². The average molecular weight is 182 g/mol. The van der Waals surface area contributed by atoms with Crippen LogP contribution in [0.3, 0.4) is 0 Å². The predicted molar refractivity (Wildman–Crippen MR) is 52.7 cm³/mol. The molecule has 1 N–H and O–H groups in total. The highest BCUT2D eigenvalue weighted by Crippen LogP contribution is 2.07. The fourth-order valence-electron chi connectivity index (χ4n) is 1.39. The maximum atomic E-state index is 8.67. The highest BCUT2D eigenvalue weighted by molar-refractivity contribution is 5.14. The van der Waals surface area contributed by atoms with Gasteiger partial charge in [-0.25, -0.2) is 0 Å². The van der Waals surface area contributed by atoms with Crippen LogP contribution < -0.4 is 0 Å². The van der Waals surface area contributed by atoms with Gasteiger partial charge in [-0.15, -0.1) is 0 Å². The lowest BCUT2D eigenvalue weighted by molar-refractivity contribution is 0.277. The molecule has 0 unspecified atom stereocenters. The average Bonchev–Trinajstić information content (AvgIpc) is 2.45. The number of hydrogen-bond acceptors (Lipinski definition) is 2. The molecule has 74 valence electrons. The molecule has 1 aromatic rings. The minimum Gasteiger partial charge on any atom is -0.396 e. The van der Waals surface area contributed by atoms with E-state index in [4.69, 9.17) is 5.11 Å². The molecule has 3 nitrogen and oxygen atoms in total. The van der Waals surface area contributed by atoms with E-state index in [2.05, 4.69) is 25.1 Å². The molecule has 13 heavy (non-hydrogen) atoms. The summed E-state index contributed by atoms with van der Waals surface area (Å²) in [6.45, 7) is 5.31. The van der Waals surface area contributed by atoms with Crippen molar-refractivity contribution in [1.82, 2.24) is 9.78 Å². The summed E-state index contributed by atoms with van der Waals surface area (Å²) in [5.41, 5.74) is 2.46. The van der Waals surface area contributed by atoms with Gasteiger partial charge in [0.15, 0.2) is 0 Å². The van der Waals surface area contributed by atoms with Crippen LogP contribution in [0.15, 0.2) is 6.20 Å². The van der Waals surface area contributed by atoms with Gasteiger partial charge < -0.3 is 5.11 Å². The van der Waals surface area contributed by atoms with Crippen LogP contribution in [0.4, 0.5) is 0 Å². The van der Waals surface area contributed by atoms with Gasteiger partial charge in [0.2, 0.25) is 0 Å². The van der Waals surface area contributed by atoms with Crippen LogP contribution in [0.1, 0.15) is 31.0 Å². The van der Waals surface area contributed by atoms with Crippen LogP contribution in [-0.2, 0) is 13.0 Å². The van der Waals surface area contributed by atoms with Crippen molar-refractivity contribution in [3.8, 4) is 0 Å².